The summed E-state index contributed by atoms with van der Waals surface area (Å²) in [7, 11) is 0. The molecule has 0 radical (unpaired) electrons. The van der Waals surface area contributed by atoms with Crippen molar-refractivity contribution in [2.75, 3.05) is 46.1 Å². The van der Waals surface area contributed by atoms with Crippen LogP contribution in [0.25, 0.3) is 0 Å². The van der Waals surface area contributed by atoms with Crippen LogP contribution in [0, 0.1) is 5.92 Å². The molecule has 4 heteroatoms. The Balaban J connectivity index is 2.40. The molecular weight excluding hydrogens is 254 g/mol. The number of ketones is 1. The highest BCUT2D eigenvalue weighted by Crippen LogP contribution is 2.20. The van der Waals surface area contributed by atoms with E-state index in [4.69, 9.17) is 9.47 Å². The van der Waals surface area contributed by atoms with Crippen molar-refractivity contribution in [3.8, 4) is 0 Å². The minimum Gasteiger partial charge on any atom is -0.380 e. The molecular formula is C16H31NO3. The van der Waals surface area contributed by atoms with Gasteiger partial charge in [0.1, 0.15) is 5.78 Å². The van der Waals surface area contributed by atoms with E-state index in [1.54, 1.807) is 0 Å². The molecule has 1 aliphatic rings. The minimum absolute atomic E-state index is 0.223. The number of rotatable bonds is 10. The van der Waals surface area contributed by atoms with Crippen LogP contribution in [-0.4, -0.2) is 56.7 Å². The smallest absolute Gasteiger partial charge is 0.137 e. The number of carbonyl (C=O) groups excluding carboxylic acids is 1. The van der Waals surface area contributed by atoms with E-state index in [0.29, 0.717) is 5.78 Å². The molecule has 0 aromatic carbocycles. The SMILES string of the molecule is CCOCCN(CCOCC)CC1CCCCCC1=O. The lowest BCUT2D eigenvalue weighted by atomic mass is 9.98. The van der Waals surface area contributed by atoms with Crippen LogP contribution in [0.2, 0.25) is 0 Å². The van der Waals surface area contributed by atoms with Gasteiger partial charge in [-0.05, 0) is 26.7 Å². The molecule has 1 aliphatic carbocycles. The van der Waals surface area contributed by atoms with E-state index in [-0.39, 0.29) is 5.92 Å². The van der Waals surface area contributed by atoms with E-state index in [2.05, 4.69) is 4.90 Å². The summed E-state index contributed by atoms with van der Waals surface area (Å²) < 4.78 is 10.9. The summed E-state index contributed by atoms with van der Waals surface area (Å²) in [6, 6.07) is 0. The lowest BCUT2D eigenvalue weighted by Crippen LogP contribution is -2.37. The lowest BCUT2D eigenvalue weighted by Gasteiger charge is -2.26. The van der Waals surface area contributed by atoms with Gasteiger partial charge in [-0.25, -0.2) is 0 Å². The molecule has 1 unspecified atom stereocenters. The summed E-state index contributed by atoms with van der Waals surface area (Å²) in [4.78, 5) is 14.5. The quantitative estimate of drug-likeness (QED) is 0.457. The maximum atomic E-state index is 12.1. The van der Waals surface area contributed by atoms with Gasteiger partial charge in [0.25, 0.3) is 0 Å². The van der Waals surface area contributed by atoms with E-state index in [1.165, 1.54) is 12.8 Å². The lowest BCUT2D eigenvalue weighted by molar-refractivity contribution is -0.123. The average molecular weight is 285 g/mol. The fourth-order valence-corrected chi connectivity index (χ4v) is 2.71. The van der Waals surface area contributed by atoms with Crippen molar-refractivity contribution in [1.82, 2.24) is 4.90 Å². The van der Waals surface area contributed by atoms with Crippen molar-refractivity contribution in [2.45, 2.75) is 46.0 Å². The first-order valence-corrected chi connectivity index (χ1v) is 8.18. The molecule has 0 heterocycles. The van der Waals surface area contributed by atoms with E-state index >= 15 is 0 Å². The molecule has 0 N–H and O–H groups in total. The highest BCUT2D eigenvalue weighted by molar-refractivity contribution is 5.81. The molecule has 1 atom stereocenters. The number of ether oxygens (including phenoxy) is 2. The minimum atomic E-state index is 0.223. The van der Waals surface area contributed by atoms with E-state index in [9.17, 15) is 4.79 Å². The third-order valence-electron chi connectivity index (χ3n) is 3.92. The fourth-order valence-electron chi connectivity index (χ4n) is 2.71. The van der Waals surface area contributed by atoms with Gasteiger partial charge in [-0.1, -0.05) is 12.8 Å². The Labute approximate surface area is 123 Å². The molecule has 0 amide bonds. The molecule has 4 nitrogen and oxygen atoms in total. The zero-order valence-corrected chi connectivity index (χ0v) is 13.2. The fraction of sp³-hybridized carbons (Fsp3) is 0.938. The summed E-state index contributed by atoms with van der Waals surface area (Å²) in [5, 5.41) is 0. The Kier molecular flexibility index (Phi) is 9.89. The first-order chi connectivity index (χ1) is 9.77. The number of nitrogens with zero attached hydrogens (tertiary/aromatic N) is 1. The molecule has 118 valence electrons. The molecule has 0 bridgehead atoms. The zero-order chi connectivity index (χ0) is 14.6. The maximum absolute atomic E-state index is 12.1. The Morgan fingerprint density at radius 2 is 1.70 bits per heavy atom. The summed E-state index contributed by atoms with van der Waals surface area (Å²) in [6.45, 7) is 9.67. The second kappa shape index (κ2) is 11.2. The standard InChI is InChI=1S/C16H31NO3/c1-3-19-12-10-17(11-13-20-4-2)14-15-8-6-5-7-9-16(15)18/h15H,3-14H2,1-2H3. The van der Waals surface area contributed by atoms with Crippen LogP contribution in [0.15, 0.2) is 0 Å². The number of hydrogen-bond acceptors (Lipinski definition) is 4. The highest BCUT2D eigenvalue weighted by atomic mass is 16.5. The molecule has 20 heavy (non-hydrogen) atoms. The second-order valence-electron chi connectivity index (χ2n) is 5.46. The summed E-state index contributed by atoms with van der Waals surface area (Å²) in [6.07, 6.45) is 5.31. The second-order valence-corrected chi connectivity index (χ2v) is 5.46. The summed E-state index contributed by atoms with van der Waals surface area (Å²) in [5.41, 5.74) is 0. The van der Waals surface area contributed by atoms with Crippen LogP contribution >= 0.6 is 0 Å². The Morgan fingerprint density at radius 1 is 1.05 bits per heavy atom. The monoisotopic (exact) mass is 285 g/mol. The predicted octanol–water partition coefficient (Wildman–Crippen LogP) is 2.51. The third kappa shape index (κ3) is 7.36. The normalized spacial score (nSPS) is 20.4. The molecule has 0 aromatic rings. The summed E-state index contributed by atoms with van der Waals surface area (Å²) in [5.74, 6) is 0.682. The Morgan fingerprint density at radius 3 is 2.30 bits per heavy atom. The number of hydrogen-bond donors (Lipinski definition) is 0. The van der Waals surface area contributed by atoms with Crippen molar-refractivity contribution in [1.29, 1.82) is 0 Å². The van der Waals surface area contributed by atoms with Crippen molar-refractivity contribution in [3.63, 3.8) is 0 Å². The van der Waals surface area contributed by atoms with Gasteiger partial charge in [0.05, 0.1) is 13.2 Å². The van der Waals surface area contributed by atoms with Crippen LogP contribution in [0.5, 0.6) is 0 Å². The highest BCUT2D eigenvalue weighted by Gasteiger charge is 2.23. The Hall–Kier alpha value is -0.450. The molecule has 1 saturated carbocycles. The molecule has 0 aliphatic heterocycles. The first-order valence-electron chi connectivity index (χ1n) is 8.18. The van der Waals surface area contributed by atoms with Crippen LogP contribution < -0.4 is 0 Å². The topological polar surface area (TPSA) is 38.8 Å². The van der Waals surface area contributed by atoms with Crippen LogP contribution in [-0.2, 0) is 14.3 Å². The van der Waals surface area contributed by atoms with Crippen LogP contribution in [0.4, 0.5) is 0 Å². The van der Waals surface area contributed by atoms with Gasteiger partial charge >= 0.3 is 0 Å². The van der Waals surface area contributed by atoms with Crippen molar-refractivity contribution >= 4 is 5.78 Å². The van der Waals surface area contributed by atoms with Gasteiger partial charge in [0.15, 0.2) is 0 Å². The van der Waals surface area contributed by atoms with E-state index in [1.807, 2.05) is 13.8 Å². The van der Waals surface area contributed by atoms with Gasteiger partial charge in [-0.2, -0.15) is 0 Å². The van der Waals surface area contributed by atoms with E-state index < -0.39 is 0 Å². The van der Waals surface area contributed by atoms with Crippen molar-refractivity contribution in [3.05, 3.63) is 0 Å². The number of Topliss-reactive ketones (excluding diaryl/α,β-unsaturated/α-hetero) is 1. The van der Waals surface area contributed by atoms with Crippen molar-refractivity contribution < 1.29 is 14.3 Å². The molecule has 0 saturated heterocycles. The van der Waals surface area contributed by atoms with Gasteiger partial charge < -0.3 is 9.47 Å². The Bertz CT molecular complexity index is 248. The van der Waals surface area contributed by atoms with Gasteiger partial charge in [0.2, 0.25) is 0 Å². The molecule has 0 aromatic heterocycles. The van der Waals surface area contributed by atoms with Crippen LogP contribution in [0.3, 0.4) is 0 Å². The molecule has 0 spiro atoms. The summed E-state index contributed by atoms with van der Waals surface area (Å²) >= 11 is 0. The van der Waals surface area contributed by atoms with E-state index in [0.717, 1.165) is 65.3 Å². The largest absolute Gasteiger partial charge is 0.380 e. The molecule has 1 rings (SSSR count). The first kappa shape index (κ1) is 17.6. The van der Waals surface area contributed by atoms with Gasteiger partial charge in [-0.15, -0.1) is 0 Å². The third-order valence-corrected chi connectivity index (χ3v) is 3.92. The zero-order valence-electron chi connectivity index (χ0n) is 13.2. The van der Waals surface area contributed by atoms with Gasteiger partial charge in [0, 0.05) is 45.2 Å². The number of carbonyl (C=O) groups is 1. The van der Waals surface area contributed by atoms with Gasteiger partial charge in [-0.3, -0.25) is 9.69 Å². The van der Waals surface area contributed by atoms with Crippen LogP contribution in [0.1, 0.15) is 46.0 Å². The predicted molar refractivity (Wildman–Crippen MR) is 81.0 cm³/mol. The maximum Gasteiger partial charge on any atom is 0.137 e. The van der Waals surface area contributed by atoms with Crippen molar-refractivity contribution in [2.24, 2.45) is 5.92 Å². The molecule has 1 fully saturated rings. The average Bonchev–Trinajstić information content (AvgIpc) is 2.64.